The van der Waals surface area contributed by atoms with Crippen LogP contribution in [0.5, 0.6) is 0 Å². The minimum Gasteiger partial charge on any atom is -0.404 e. The Labute approximate surface area is 253 Å². The smallest absolute Gasteiger partial charge is 0.404 e. The van der Waals surface area contributed by atoms with Crippen LogP contribution in [0.15, 0.2) is 33.7 Å². The lowest BCUT2D eigenvalue weighted by Crippen LogP contribution is -2.65. The fourth-order valence-electron chi connectivity index (χ4n) is 7.00. The van der Waals surface area contributed by atoms with E-state index in [2.05, 4.69) is 71.5 Å². The Kier molecular flexibility index (Phi) is 10.1. The molecule has 2 amide bonds. The van der Waals surface area contributed by atoms with Gasteiger partial charge in [0.1, 0.15) is 6.04 Å². The summed E-state index contributed by atoms with van der Waals surface area (Å²) in [6.07, 6.45) is 4.16. The van der Waals surface area contributed by atoms with Crippen LogP contribution in [-0.2, 0) is 25.3 Å². The van der Waals surface area contributed by atoms with Gasteiger partial charge in [-0.15, -0.1) is 0 Å². The number of carbonyl (C=O) groups is 2. The van der Waals surface area contributed by atoms with E-state index in [4.69, 9.17) is 15.0 Å². The number of carbonyl (C=O) groups excluding carboxylic acids is 2. The lowest BCUT2D eigenvalue weighted by Gasteiger charge is -2.64. The van der Waals surface area contributed by atoms with Gasteiger partial charge in [0, 0.05) is 18.1 Å². The molecule has 0 radical (unpaired) electrons. The summed E-state index contributed by atoms with van der Waals surface area (Å²) in [6, 6.07) is 6.89. The van der Waals surface area contributed by atoms with Crippen molar-refractivity contribution in [3.8, 4) is 0 Å². The molecule has 226 valence electrons. The fourth-order valence-corrected chi connectivity index (χ4v) is 7.27. The number of nitrogens with two attached hydrogens (primary N) is 1. The first-order valence-corrected chi connectivity index (χ1v) is 15.8. The number of benzene rings is 1. The number of halogens is 1. The Morgan fingerprint density at radius 1 is 1.17 bits per heavy atom. The zero-order valence-electron chi connectivity index (χ0n) is 25.3. The Morgan fingerprint density at radius 3 is 2.51 bits per heavy atom. The second-order valence-electron chi connectivity index (χ2n) is 13.2. The van der Waals surface area contributed by atoms with Crippen molar-refractivity contribution in [3.63, 3.8) is 0 Å². The minimum absolute atomic E-state index is 0.0361. The van der Waals surface area contributed by atoms with Crippen LogP contribution in [0.2, 0.25) is 0 Å². The highest BCUT2D eigenvalue weighted by Gasteiger charge is 2.68. The topological polar surface area (TPSA) is 127 Å². The maximum absolute atomic E-state index is 13.8. The predicted octanol–water partition coefficient (Wildman–Crippen LogP) is 3.59. The molecular weight excluding hydrogens is 585 g/mol. The van der Waals surface area contributed by atoms with Gasteiger partial charge in [-0.1, -0.05) is 55.8 Å². The Bertz CT molecular complexity index is 1120. The summed E-state index contributed by atoms with van der Waals surface area (Å²) in [6.45, 7) is 11.7. The second kappa shape index (κ2) is 13.0. The number of aliphatic imine (C=N–C) groups is 1. The van der Waals surface area contributed by atoms with Crippen LogP contribution in [0.25, 0.3) is 0 Å². The van der Waals surface area contributed by atoms with E-state index in [0.29, 0.717) is 49.5 Å². The van der Waals surface area contributed by atoms with E-state index in [-0.39, 0.29) is 41.3 Å². The average Bonchev–Trinajstić information content (AvgIpc) is 3.28. The van der Waals surface area contributed by atoms with E-state index >= 15 is 0 Å². The third kappa shape index (κ3) is 7.28. The van der Waals surface area contributed by atoms with E-state index in [0.717, 1.165) is 16.5 Å². The molecule has 0 unspecified atom stereocenters. The van der Waals surface area contributed by atoms with Gasteiger partial charge in [-0.2, -0.15) is 0 Å². The van der Waals surface area contributed by atoms with Gasteiger partial charge in [-0.25, -0.2) is 0 Å². The molecule has 1 aromatic rings. The maximum Gasteiger partial charge on any atom is 0.481 e. The van der Waals surface area contributed by atoms with Gasteiger partial charge < -0.3 is 31.0 Å². The molecule has 11 heteroatoms. The highest BCUT2D eigenvalue weighted by molar-refractivity contribution is 9.10. The van der Waals surface area contributed by atoms with Gasteiger partial charge in [-0.05, 0) is 79.9 Å². The molecule has 5 rings (SSSR count). The molecule has 6 atom stereocenters. The van der Waals surface area contributed by atoms with E-state index in [1.54, 1.807) is 7.05 Å². The van der Waals surface area contributed by atoms with Gasteiger partial charge in [0.15, 0.2) is 5.96 Å². The Balaban J connectivity index is 1.44. The molecule has 4 aliphatic rings. The van der Waals surface area contributed by atoms with Gasteiger partial charge in [0.2, 0.25) is 11.8 Å². The van der Waals surface area contributed by atoms with Crippen LogP contribution in [-0.4, -0.2) is 62.2 Å². The van der Waals surface area contributed by atoms with E-state index < -0.39 is 13.2 Å². The first-order valence-electron chi connectivity index (χ1n) is 15.0. The molecule has 0 spiro atoms. The van der Waals surface area contributed by atoms with Crippen molar-refractivity contribution in [2.24, 2.45) is 33.9 Å². The van der Waals surface area contributed by atoms with Crippen molar-refractivity contribution in [1.82, 2.24) is 16.0 Å². The average molecular weight is 632 g/mol. The summed E-state index contributed by atoms with van der Waals surface area (Å²) in [5.74, 6) is 0.997. The largest absolute Gasteiger partial charge is 0.481 e. The number of hydrogen-bond donors (Lipinski definition) is 4. The highest BCUT2D eigenvalue weighted by atomic mass is 79.9. The first-order chi connectivity index (χ1) is 19.3. The van der Waals surface area contributed by atoms with E-state index in [1.165, 1.54) is 6.42 Å². The normalized spacial score (nSPS) is 28.0. The number of hydrogen-bond acceptors (Lipinski definition) is 5. The van der Waals surface area contributed by atoms with Gasteiger partial charge in [-0.3, -0.25) is 14.6 Å². The molecule has 1 saturated heterocycles. The van der Waals surface area contributed by atoms with Crippen molar-refractivity contribution in [3.05, 3.63) is 34.3 Å². The number of nitrogens with zero attached hydrogens (tertiary/aromatic N) is 1. The lowest BCUT2D eigenvalue weighted by atomic mass is 9.43. The monoisotopic (exact) mass is 631 g/mol. The van der Waals surface area contributed by atoms with Crippen LogP contribution in [0.4, 0.5) is 0 Å². The zero-order valence-corrected chi connectivity index (χ0v) is 26.9. The number of nitrogens with one attached hydrogen (secondary N) is 3. The summed E-state index contributed by atoms with van der Waals surface area (Å²) in [5.41, 5.74) is 6.52. The Hall–Kier alpha value is -2.11. The van der Waals surface area contributed by atoms with Crippen molar-refractivity contribution in [1.29, 1.82) is 0 Å². The number of amides is 2. The summed E-state index contributed by atoms with van der Waals surface area (Å²) in [5, 5.41) is 9.23. The summed E-state index contributed by atoms with van der Waals surface area (Å²) in [7, 11) is 1.09. The molecule has 1 aromatic carbocycles. The van der Waals surface area contributed by atoms with Crippen LogP contribution in [0.1, 0.15) is 72.3 Å². The van der Waals surface area contributed by atoms with Crippen LogP contribution >= 0.6 is 15.9 Å². The summed E-state index contributed by atoms with van der Waals surface area (Å²) >= 11 is 3.43. The van der Waals surface area contributed by atoms with Gasteiger partial charge in [0.05, 0.1) is 24.1 Å². The standard InChI is InChI=1S/C30H47BBrN5O4/c1-18(2)14-25(31-40-24-17-20-16-23(29(20,3)4)30(24,5)41-31)37-27(39)22(8-7-13-35-28(33)34-6)36-26(38)15-19-9-11-21(32)12-10-19/h9-12,18,20,22-25H,7-8,13-17H2,1-6H3,(H,36,38)(H,37,39)(H3,33,34,35)/t20-,22-,23-,24+,25-,30-/m0/s1. The Morgan fingerprint density at radius 2 is 1.88 bits per heavy atom. The highest BCUT2D eigenvalue weighted by Crippen LogP contribution is 2.65. The van der Waals surface area contributed by atoms with E-state index in [1.807, 2.05) is 24.3 Å². The quantitative estimate of drug-likeness (QED) is 0.121. The lowest BCUT2D eigenvalue weighted by molar-refractivity contribution is -0.199. The SMILES string of the molecule is CN=C(N)NCCC[C@H](NC(=O)Cc1ccc(Br)cc1)C(=O)N[C@@H](CC(C)C)B1O[C@@H]2C[C@@H]3C[C@@H](C3(C)C)[C@]2(C)O1. The zero-order chi connectivity index (χ0) is 29.9. The summed E-state index contributed by atoms with van der Waals surface area (Å²) < 4.78 is 14.2. The molecule has 3 aliphatic carbocycles. The van der Waals surface area contributed by atoms with E-state index in [9.17, 15) is 9.59 Å². The van der Waals surface area contributed by atoms with Crippen molar-refractivity contribution in [2.75, 3.05) is 13.6 Å². The fraction of sp³-hybridized carbons (Fsp3) is 0.700. The minimum atomic E-state index is -0.708. The van der Waals surface area contributed by atoms with Gasteiger partial charge >= 0.3 is 7.12 Å². The third-order valence-electron chi connectivity index (χ3n) is 9.50. The molecule has 5 N–H and O–H groups in total. The first kappa shape index (κ1) is 31.8. The number of guanidine groups is 1. The summed E-state index contributed by atoms with van der Waals surface area (Å²) in [4.78, 5) is 30.7. The molecule has 41 heavy (non-hydrogen) atoms. The molecule has 3 saturated carbocycles. The molecule has 2 bridgehead atoms. The predicted molar refractivity (Wildman–Crippen MR) is 166 cm³/mol. The molecule has 4 fully saturated rings. The molecule has 0 aromatic heterocycles. The molecule has 9 nitrogen and oxygen atoms in total. The molecule has 1 heterocycles. The second-order valence-corrected chi connectivity index (χ2v) is 14.1. The van der Waals surface area contributed by atoms with Crippen molar-refractivity contribution < 1.29 is 18.9 Å². The van der Waals surface area contributed by atoms with Crippen LogP contribution < -0.4 is 21.7 Å². The number of rotatable bonds is 12. The molecular formula is C30H47BBrN5O4. The van der Waals surface area contributed by atoms with Crippen LogP contribution in [0, 0.1) is 23.2 Å². The van der Waals surface area contributed by atoms with Crippen LogP contribution in [0.3, 0.4) is 0 Å². The van der Waals surface area contributed by atoms with Gasteiger partial charge in [0.25, 0.3) is 0 Å². The van der Waals surface area contributed by atoms with Crippen molar-refractivity contribution >= 4 is 40.8 Å². The molecule has 1 aliphatic heterocycles. The third-order valence-corrected chi connectivity index (χ3v) is 10.0. The maximum atomic E-state index is 13.8. The van der Waals surface area contributed by atoms with Crippen molar-refractivity contribution in [2.45, 2.75) is 96.8 Å².